The molecule has 36 heavy (non-hydrogen) atoms. The van der Waals surface area contributed by atoms with Gasteiger partial charge in [0.05, 0.1) is 17.7 Å². The van der Waals surface area contributed by atoms with Gasteiger partial charge in [0.25, 0.3) is 10.0 Å². The lowest BCUT2D eigenvalue weighted by Gasteiger charge is -2.24. The van der Waals surface area contributed by atoms with E-state index in [1.165, 1.54) is 28.5 Å². The zero-order valence-electron chi connectivity index (χ0n) is 20.4. The molecular weight excluding hydrogens is 472 g/mol. The number of anilines is 1. The summed E-state index contributed by atoms with van der Waals surface area (Å²) in [4.78, 5) is 13.1. The van der Waals surface area contributed by atoms with Gasteiger partial charge in [-0.1, -0.05) is 67.6 Å². The number of hydrogen-bond donors (Lipinski definition) is 1. The van der Waals surface area contributed by atoms with Crippen LogP contribution in [0.4, 0.5) is 5.69 Å². The smallest absolute Gasteiger partial charge is 0.264 e. The lowest BCUT2D eigenvalue weighted by molar-refractivity contribution is -0.119. The van der Waals surface area contributed by atoms with Crippen molar-refractivity contribution in [3.63, 3.8) is 0 Å². The van der Waals surface area contributed by atoms with Crippen LogP contribution in [0, 0.1) is 5.92 Å². The summed E-state index contributed by atoms with van der Waals surface area (Å²) in [6.07, 6.45) is 0.798. The first-order valence-electron chi connectivity index (χ1n) is 11.8. The molecule has 1 amide bonds. The molecule has 0 aliphatic rings. The number of hydrogen-bond acceptors (Lipinski definition) is 4. The molecule has 1 unspecified atom stereocenters. The number of benzene rings is 4. The topological polar surface area (TPSA) is 75.7 Å². The van der Waals surface area contributed by atoms with Gasteiger partial charge in [-0.25, -0.2) is 8.42 Å². The highest BCUT2D eigenvalue weighted by molar-refractivity contribution is 7.92. The summed E-state index contributed by atoms with van der Waals surface area (Å²) in [6.45, 7) is 2.18. The Hall–Kier alpha value is -3.84. The molecule has 0 aliphatic carbocycles. The molecule has 0 radical (unpaired) electrons. The van der Waals surface area contributed by atoms with Crippen molar-refractivity contribution in [1.29, 1.82) is 0 Å². The van der Waals surface area contributed by atoms with Crippen LogP contribution in [-0.4, -0.2) is 34.5 Å². The molecular formula is C29H30N2O4S. The highest BCUT2D eigenvalue weighted by atomic mass is 32.2. The number of nitrogens with one attached hydrogen (secondary N) is 1. The average molecular weight is 503 g/mol. The lowest BCUT2D eigenvalue weighted by Crippen LogP contribution is -2.42. The summed E-state index contributed by atoms with van der Waals surface area (Å²) in [6, 6.07) is 29.2. The zero-order chi connectivity index (χ0) is 25.5. The van der Waals surface area contributed by atoms with Crippen LogP contribution in [0.3, 0.4) is 0 Å². The molecule has 4 rings (SSSR count). The van der Waals surface area contributed by atoms with Crippen LogP contribution < -0.4 is 14.4 Å². The summed E-state index contributed by atoms with van der Waals surface area (Å²) in [5, 5.41) is 5.32. The fraction of sp³-hybridized carbons (Fsp3) is 0.207. The van der Waals surface area contributed by atoms with E-state index in [9.17, 15) is 13.2 Å². The molecule has 0 saturated carbocycles. The van der Waals surface area contributed by atoms with Crippen LogP contribution in [0.15, 0.2) is 102 Å². The van der Waals surface area contributed by atoms with Gasteiger partial charge in [-0.15, -0.1) is 0 Å². The quantitative estimate of drug-likeness (QED) is 0.330. The van der Waals surface area contributed by atoms with Crippen LogP contribution in [0.1, 0.15) is 12.5 Å². The molecule has 0 fully saturated rings. The Morgan fingerprint density at radius 1 is 0.889 bits per heavy atom. The molecule has 0 aliphatic heterocycles. The number of amides is 1. The first-order chi connectivity index (χ1) is 17.4. The number of sulfonamides is 1. The van der Waals surface area contributed by atoms with Gasteiger partial charge < -0.3 is 10.1 Å². The van der Waals surface area contributed by atoms with Crippen LogP contribution in [-0.2, 0) is 21.2 Å². The first-order valence-corrected chi connectivity index (χ1v) is 13.3. The molecule has 7 heteroatoms. The van der Waals surface area contributed by atoms with Crippen LogP contribution in [0.5, 0.6) is 5.75 Å². The van der Waals surface area contributed by atoms with Gasteiger partial charge in [-0.3, -0.25) is 9.10 Å². The number of rotatable bonds is 10. The van der Waals surface area contributed by atoms with Gasteiger partial charge >= 0.3 is 0 Å². The van der Waals surface area contributed by atoms with Gasteiger partial charge in [0.1, 0.15) is 12.3 Å². The number of methoxy groups -OCH3 is 1. The normalized spacial score (nSPS) is 12.2. The number of carbonyl (C=O) groups is 1. The molecule has 0 saturated heterocycles. The molecule has 0 spiro atoms. The maximum atomic E-state index is 13.4. The minimum atomic E-state index is -3.95. The van der Waals surface area contributed by atoms with Gasteiger partial charge in [0, 0.05) is 6.54 Å². The summed E-state index contributed by atoms with van der Waals surface area (Å²) >= 11 is 0. The Labute approximate surface area is 212 Å². The standard InChI is InChI=1S/C29H30N2O4S/c1-22(19-24-11-8-10-23-9-6-7-14-28(23)24)20-30-29(32)21-31(25-15-17-26(35-2)18-16-25)36(33,34)27-12-4-3-5-13-27/h3-18,22H,19-21H2,1-2H3,(H,30,32). The number of fused-ring (bicyclic) bond motifs is 1. The number of ether oxygens (including phenoxy) is 1. The van der Waals surface area contributed by atoms with Gasteiger partial charge in [0.15, 0.2) is 0 Å². The third-order valence-corrected chi connectivity index (χ3v) is 7.86. The van der Waals surface area contributed by atoms with Crippen molar-refractivity contribution >= 4 is 32.4 Å². The molecule has 186 valence electrons. The molecule has 4 aromatic rings. The Morgan fingerprint density at radius 3 is 2.28 bits per heavy atom. The van der Waals surface area contributed by atoms with Crippen molar-refractivity contribution in [2.24, 2.45) is 5.92 Å². The van der Waals surface area contributed by atoms with Crippen molar-refractivity contribution in [2.75, 3.05) is 24.5 Å². The largest absolute Gasteiger partial charge is 0.497 e. The number of nitrogens with zero attached hydrogens (tertiary/aromatic N) is 1. The maximum absolute atomic E-state index is 13.4. The Bertz CT molecular complexity index is 1420. The van der Waals surface area contributed by atoms with Crippen LogP contribution in [0.2, 0.25) is 0 Å². The highest BCUT2D eigenvalue weighted by Gasteiger charge is 2.27. The van der Waals surface area contributed by atoms with E-state index in [0.29, 0.717) is 18.0 Å². The van der Waals surface area contributed by atoms with E-state index < -0.39 is 10.0 Å². The maximum Gasteiger partial charge on any atom is 0.264 e. The van der Waals surface area contributed by atoms with Crippen molar-refractivity contribution in [3.05, 3.63) is 103 Å². The number of carbonyl (C=O) groups excluding carboxylic acids is 1. The van der Waals surface area contributed by atoms with E-state index in [1.54, 1.807) is 49.6 Å². The third-order valence-electron chi connectivity index (χ3n) is 6.07. The first kappa shape index (κ1) is 25.3. The molecule has 0 bridgehead atoms. The molecule has 4 aromatic carbocycles. The molecule has 0 aromatic heterocycles. The van der Waals surface area contributed by atoms with E-state index in [-0.39, 0.29) is 23.3 Å². The zero-order valence-corrected chi connectivity index (χ0v) is 21.2. The third kappa shape index (κ3) is 5.86. The second-order valence-corrected chi connectivity index (χ2v) is 10.6. The van der Waals surface area contributed by atoms with Crippen LogP contribution >= 0.6 is 0 Å². The van der Waals surface area contributed by atoms with Crippen molar-refractivity contribution in [2.45, 2.75) is 18.2 Å². The minimum Gasteiger partial charge on any atom is -0.497 e. The monoisotopic (exact) mass is 502 g/mol. The van der Waals surface area contributed by atoms with E-state index in [0.717, 1.165) is 10.7 Å². The van der Waals surface area contributed by atoms with E-state index in [2.05, 4.69) is 36.5 Å². The van der Waals surface area contributed by atoms with Gasteiger partial charge in [-0.2, -0.15) is 0 Å². The fourth-order valence-corrected chi connectivity index (χ4v) is 5.62. The van der Waals surface area contributed by atoms with Crippen LogP contribution in [0.25, 0.3) is 10.8 Å². The average Bonchev–Trinajstić information content (AvgIpc) is 2.91. The Balaban J connectivity index is 1.47. The highest BCUT2D eigenvalue weighted by Crippen LogP contribution is 2.26. The predicted molar refractivity (Wildman–Crippen MR) is 144 cm³/mol. The van der Waals surface area contributed by atoms with Gasteiger partial charge in [0.2, 0.25) is 5.91 Å². The fourth-order valence-electron chi connectivity index (χ4n) is 4.18. The summed E-state index contributed by atoms with van der Waals surface area (Å²) < 4.78 is 33.2. The molecule has 1 N–H and O–H groups in total. The second-order valence-electron chi connectivity index (χ2n) is 8.77. The summed E-state index contributed by atoms with van der Waals surface area (Å²) in [5.74, 6) is 0.400. The summed E-state index contributed by atoms with van der Waals surface area (Å²) in [5.41, 5.74) is 1.61. The van der Waals surface area contributed by atoms with E-state index in [4.69, 9.17) is 4.74 Å². The predicted octanol–water partition coefficient (Wildman–Crippen LogP) is 5.04. The lowest BCUT2D eigenvalue weighted by atomic mass is 9.96. The Morgan fingerprint density at radius 2 is 1.56 bits per heavy atom. The van der Waals surface area contributed by atoms with Crippen molar-refractivity contribution in [1.82, 2.24) is 5.32 Å². The van der Waals surface area contributed by atoms with E-state index >= 15 is 0 Å². The SMILES string of the molecule is COc1ccc(N(CC(=O)NCC(C)Cc2cccc3ccccc23)S(=O)(=O)c2ccccc2)cc1. The molecule has 6 nitrogen and oxygen atoms in total. The second kappa shape index (κ2) is 11.3. The van der Waals surface area contributed by atoms with E-state index in [1.807, 2.05) is 18.2 Å². The summed E-state index contributed by atoms with van der Waals surface area (Å²) in [7, 11) is -2.41. The van der Waals surface area contributed by atoms with Crippen molar-refractivity contribution in [3.8, 4) is 5.75 Å². The minimum absolute atomic E-state index is 0.123. The Kier molecular flexibility index (Phi) is 7.90. The molecule has 0 heterocycles. The molecule has 1 atom stereocenters. The van der Waals surface area contributed by atoms with Gasteiger partial charge in [-0.05, 0) is 65.1 Å². The van der Waals surface area contributed by atoms with Crippen molar-refractivity contribution < 1.29 is 17.9 Å².